The minimum Gasteiger partial charge on any atom is -0.496 e. The van der Waals surface area contributed by atoms with E-state index in [4.69, 9.17) is 25.3 Å². The number of hydrogen-bond acceptors (Lipinski definition) is 5. The number of rotatable bonds is 5. The van der Waals surface area contributed by atoms with E-state index in [0.717, 1.165) is 0 Å². The number of ether oxygens (including phenoxy) is 2. The van der Waals surface area contributed by atoms with Crippen LogP contribution in [0.3, 0.4) is 0 Å². The third-order valence-corrected chi connectivity index (χ3v) is 4.58. The summed E-state index contributed by atoms with van der Waals surface area (Å²) in [7, 11) is -1.04. The van der Waals surface area contributed by atoms with E-state index in [2.05, 4.69) is 0 Å². The number of halogens is 1. The first-order chi connectivity index (χ1) is 10.4. The molecule has 0 aliphatic heterocycles. The van der Waals surface area contributed by atoms with Crippen LogP contribution >= 0.6 is 11.6 Å². The van der Waals surface area contributed by atoms with Crippen molar-refractivity contribution in [1.82, 2.24) is 0 Å². The van der Waals surface area contributed by atoms with Crippen molar-refractivity contribution in [3.8, 4) is 17.2 Å². The maximum Gasteiger partial charge on any atom is 0.339 e. The minimum atomic E-state index is -3.98. The Labute approximate surface area is 134 Å². The van der Waals surface area contributed by atoms with Crippen LogP contribution in [-0.2, 0) is 10.1 Å². The van der Waals surface area contributed by atoms with Gasteiger partial charge in [0.15, 0.2) is 0 Å². The van der Waals surface area contributed by atoms with E-state index in [1.54, 1.807) is 19.1 Å². The fourth-order valence-corrected chi connectivity index (χ4v) is 3.25. The molecule has 118 valence electrons. The maximum atomic E-state index is 12.4. The second-order valence-corrected chi connectivity index (χ2v) is 6.45. The van der Waals surface area contributed by atoms with Crippen molar-refractivity contribution in [2.24, 2.45) is 0 Å². The smallest absolute Gasteiger partial charge is 0.339 e. The summed E-state index contributed by atoms with van der Waals surface area (Å²) in [6, 6.07) is 9.01. The molecule has 0 aliphatic rings. The summed E-state index contributed by atoms with van der Waals surface area (Å²) in [6.07, 6.45) is 0. The molecule has 0 fully saturated rings. The van der Waals surface area contributed by atoms with Crippen molar-refractivity contribution in [3.05, 3.63) is 47.0 Å². The van der Waals surface area contributed by atoms with E-state index in [0.29, 0.717) is 22.1 Å². The predicted octanol–water partition coefficient (Wildman–Crippen LogP) is 3.43. The quantitative estimate of drug-likeness (QED) is 0.779. The normalized spacial score (nSPS) is 11.1. The molecule has 22 heavy (non-hydrogen) atoms. The van der Waals surface area contributed by atoms with Crippen LogP contribution in [-0.4, -0.2) is 22.6 Å². The van der Waals surface area contributed by atoms with Gasteiger partial charge < -0.3 is 13.7 Å². The first-order valence-corrected chi connectivity index (χ1v) is 8.08. The van der Waals surface area contributed by atoms with E-state index in [9.17, 15) is 8.42 Å². The highest BCUT2D eigenvalue weighted by molar-refractivity contribution is 7.87. The zero-order chi connectivity index (χ0) is 16.3. The fraction of sp³-hybridized carbons (Fsp3) is 0.200. The van der Waals surface area contributed by atoms with Crippen LogP contribution in [0, 0.1) is 6.92 Å². The topological polar surface area (TPSA) is 61.8 Å². The van der Waals surface area contributed by atoms with Crippen molar-refractivity contribution in [3.63, 3.8) is 0 Å². The summed E-state index contributed by atoms with van der Waals surface area (Å²) in [5.41, 5.74) is 0.502. The van der Waals surface area contributed by atoms with Crippen LogP contribution in [0.15, 0.2) is 41.3 Å². The largest absolute Gasteiger partial charge is 0.496 e. The summed E-state index contributed by atoms with van der Waals surface area (Å²) in [4.78, 5) is 0.0543. The van der Waals surface area contributed by atoms with E-state index in [1.165, 1.54) is 38.5 Å². The summed E-state index contributed by atoms with van der Waals surface area (Å²) in [6.45, 7) is 1.65. The van der Waals surface area contributed by atoms with Gasteiger partial charge in [-0.25, -0.2) is 0 Å². The Hall–Kier alpha value is -1.92. The SMILES string of the molecule is COc1cc(OC)cc(OS(=O)(=O)c2ccc(Cl)cc2C)c1. The molecule has 0 bridgehead atoms. The van der Waals surface area contributed by atoms with E-state index >= 15 is 0 Å². The van der Waals surface area contributed by atoms with E-state index in [-0.39, 0.29) is 10.6 Å². The van der Waals surface area contributed by atoms with Gasteiger partial charge in [0.05, 0.1) is 14.2 Å². The molecule has 0 saturated heterocycles. The van der Waals surface area contributed by atoms with Crippen molar-refractivity contribution in [2.75, 3.05) is 14.2 Å². The fourth-order valence-electron chi connectivity index (χ4n) is 1.89. The lowest BCUT2D eigenvalue weighted by Crippen LogP contribution is -2.11. The van der Waals surface area contributed by atoms with Crippen molar-refractivity contribution >= 4 is 21.7 Å². The van der Waals surface area contributed by atoms with Gasteiger partial charge in [-0.2, -0.15) is 8.42 Å². The van der Waals surface area contributed by atoms with Crippen molar-refractivity contribution in [2.45, 2.75) is 11.8 Å². The monoisotopic (exact) mass is 342 g/mol. The van der Waals surface area contributed by atoms with Crippen LogP contribution in [0.2, 0.25) is 5.02 Å². The lowest BCUT2D eigenvalue weighted by atomic mass is 10.2. The van der Waals surface area contributed by atoms with Gasteiger partial charge >= 0.3 is 10.1 Å². The van der Waals surface area contributed by atoms with Crippen LogP contribution < -0.4 is 13.7 Å². The Bertz CT molecular complexity index is 764. The molecule has 0 radical (unpaired) electrons. The molecule has 2 aromatic rings. The van der Waals surface area contributed by atoms with E-state index < -0.39 is 10.1 Å². The van der Waals surface area contributed by atoms with Crippen LogP contribution in [0.1, 0.15) is 5.56 Å². The molecule has 0 saturated carbocycles. The average Bonchev–Trinajstić information content (AvgIpc) is 2.45. The second kappa shape index (κ2) is 6.46. The highest BCUT2D eigenvalue weighted by atomic mass is 35.5. The van der Waals surface area contributed by atoms with Crippen LogP contribution in [0.25, 0.3) is 0 Å². The summed E-state index contributed by atoms with van der Waals surface area (Å²) in [5.74, 6) is 0.959. The number of hydrogen-bond donors (Lipinski definition) is 0. The summed E-state index contributed by atoms with van der Waals surface area (Å²) < 4.78 is 40.1. The van der Waals surface area contributed by atoms with Crippen molar-refractivity contribution < 1.29 is 22.1 Å². The van der Waals surface area contributed by atoms with Gasteiger partial charge in [0.2, 0.25) is 0 Å². The number of methoxy groups -OCH3 is 2. The lowest BCUT2D eigenvalue weighted by Gasteiger charge is -2.11. The van der Waals surface area contributed by atoms with E-state index in [1.807, 2.05) is 0 Å². The van der Waals surface area contributed by atoms with Gasteiger partial charge in [-0.05, 0) is 30.7 Å². The van der Waals surface area contributed by atoms with Gasteiger partial charge in [0.1, 0.15) is 22.1 Å². The van der Waals surface area contributed by atoms with Gasteiger partial charge in [0, 0.05) is 23.2 Å². The van der Waals surface area contributed by atoms with Gasteiger partial charge in [-0.1, -0.05) is 11.6 Å². The number of benzene rings is 2. The van der Waals surface area contributed by atoms with Crippen molar-refractivity contribution in [1.29, 1.82) is 0 Å². The molecular weight excluding hydrogens is 328 g/mol. The Morgan fingerprint density at radius 2 is 1.45 bits per heavy atom. The Balaban J connectivity index is 2.40. The molecule has 0 atom stereocenters. The third kappa shape index (κ3) is 3.64. The molecule has 0 aliphatic carbocycles. The molecule has 5 nitrogen and oxygen atoms in total. The molecule has 0 unspecified atom stereocenters. The second-order valence-electron chi connectivity index (χ2n) is 4.50. The van der Waals surface area contributed by atoms with Gasteiger partial charge in [-0.15, -0.1) is 0 Å². The summed E-state index contributed by atoms with van der Waals surface area (Å²) in [5, 5.41) is 0.458. The molecule has 2 rings (SSSR count). The number of aryl methyl sites for hydroxylation is 1. The van der Waals surface area contributed by atoms with Gasteiger partial charge in [-0.3, -0.25) is 0 Å². The van der Waals surface area contributed by atoms with Crippen LogP contribution in [0.5, 0.6) is 17.2 Å². The Morgan fingerprint density at radius 3 is 1.95 bits per heavy atom. The standard InChI is InChI=1S/C15H15ClO5S/c1-10-6-11(16)4-5-15(10)22(17,18)21-14-8-12(19-2)7-13(9-14)20-3/h4-9H,1-3H3. The minimum absolute atomic E-state index is 0.0543. The molecular formula is C15H15ClO5S. The molecule has 2 aromatic carbocycles. The Morgan fingerprint density at radius 1 is 0.909 bits per heavy atom. The first kappa shape index (κ1) is 16.5. The summed E-state index contributed by atoms with van der Waals surface area (Å²) >= 11 is 5.84. The molecule has 0 aromatic heterocycles. The maximum absolute atomic E-state index is 12.4. The molecule has 7 heteroatoms. The molecule has 0 N–H and O–H groups in total. The predicted molar refractivity (Wildman–Crippen MR) is 83.5 cm³/mol. The van der Waals surface area contributed by atoms with Gasteiger partial charge in [0.25, 0.3) is 0 Å². The highest BCUT2D eigenvalue weighted by Crippen LogP contribution is 2.30. The Kier molecular flexibility index (Phi) is 4.83. The lowest BCUT2D eigenvalue weighted by molar-refractivity contribution is 0.390. The first-order valence-electron chi connectivity index (χ1n) is 6.29. The zero-order valence-corrected chi connectivity index (χ0v) is 13.9. The zero-order valence-electron chi connectivity index (χ0n) is 12.3. The third-order valence-electron chi connectivity index (χ3n) is 2.94. The molecule has 0 amide bonds. The van der Waals surface area contributed by atoms with Crippen LogP contribution in [0.4, 0.5) is 0 Å². The average molecular weight is 343 g/mol. The molecule has 0 heterocycles. The molecule has 0 spiro atoms. The highest BCUT2D eigenvalue weighted by Gasteiger charge is 2.20.